The van der Waals surface area contributed by atoms with E-state index in [1.54, 1.807) is 6.92 Å². The van der Waals surface area contributed by atoms with Crippen molar-refractivity contribution in [2.75, 3.05) is 11.9 Å². The Morgan fingerprint density at radius 2 is 1.50 bits per heavy atom. The van der Waals surface area contributed by atoms with E-state index in [2.05, 4.69) is 16.3 Å². The van der Waals surface area contributed by atoms with Crippen LogP contribution >= 0.6 is 11.6 Å². The molecule has 11 heteroatoms. The van der Waals surface area contributed by atoms with Gasteiger partial charge in [-0.3, -0.25) is 4.79 Å². The maximum absolute atomic E-state index is 12.6. The van der Waals surface area contributed by atoms with Crippen molar-refractivity contribution in [1.82, 2.24) is 0 Å². The van der Waals surface area contributed by atoms with Gasteiger partial charge >= 0.3 is 23.2 Å². The van der Waals surface area contributed by atoms with Crippen LogP contribution in [0.4, 0.5) is 32.0 Å². The maximum Gasteiger partial charge on any atom is 0.425 e. The first kappa shape index (κ1) is 20.1. The van der Waals surface area contributed by atoms with Crippen LogP contribution in [-0.4, -0.2) is 35.7 Å². The quantitative estimate of drug-likeness (QED) is 0.492. The molecule has 0 aromatic heterocycles. The minimum Gasteiger partial charge on any atom is -0.462 e. The summed E-state index contributed by atoms with van der Waals surface area (Å²) in [6.45, 7) is 1.62. The van der Waals surface area contributed by atoms with E-state index < -0.39 is 34.8 Å². The van der Waals surface area contributed by atoms with Gasteiger partial charge in [0.15, 0.2) is 0 Å². The van der Waals surface area contributed by atoms with Gasteiger partial charge in [-0.25, -0.2) is 4.79 Å². The van der Waals surface area contributed by atoms with E-state index >= 15 is 0 Å². The normalized spacial score (nSPS) is 12.7. The molecular weight excluding hydrogens is 368 g/mol. The number of benzene rings is 1. The predicted molar refractivity (Wildman–Crippen MR) is 71.7 cm³/mol. The molecule has 0 radical (unpaired) electrons. The first-order valence-electron chi connectivity index (χ1n) is 6.25. The molecule has 0 heterocycles. The molecule has 134 valence electrons. The highest BCUT2D eigenvalue weighted by atomic mass is 35.5. The molecule has 4 nitrogen and oxygen atoms in total. The number of carbonyl (C=O) groups is 2. The number of alkyl halides is 7. The maximum atomic E-state index is 12.6. The van der Waals surface area contributed by atoms with Crippen LogP contribution < -0.4 is 5.32 Å². The Morgan fingerprint density at radius 1 is 1.04 bits per heavy atom. The zero-order chi connectivity index (χ0) is 18.8. The molecule has 1 rings (SSSR count). The van der Waals surface area contributed by atoms with Gasteiger partial charge in [0.05, 0.1) is 12.2 Å². The average Bonchev–Trinajstić information content (AvgIpc) is 2.44. The van der Waals surface area contributed by atoms with Gasteiger partial charge in [0, 0.05) is 5.69 Å². The number of hydrogen-bond donors (Lipinski definition) is 1. The Bertz CT molecular complexity index is 598. The number of esters is 1. The van der Waals surface area contributed by atoms with Crippen LogP contribution in [0.5, 0.6) is 0 Å². The second kappa shape index (κ2) is 6.88. The Hall–Kier alpha value is -1.97. The fourth-order valence-electron chi connectivity index (χ4n) is 1.54. The van der Waals surface area contributed by atoms with Crippen LogP contribution in [0.3, 0.4) is 0 Å². The zero-order valence-electron chi connectivity index (χ0n) is 11.9. The molecule has 24 heavy (non-hydrogen) atoms. The van der Waals surface area contributed by atoms with Crippen molar-refractivity contribution in [3.8, 4) is 0 Å². The van der Waals surface area contributed by atoms with Crippen LogP contribution in [0.1, 0.15) is 17.3 Å². The van der Waals surface area contributed by atoms with Gasteiger partial charge in [0.1, 0.15) is 0 Å². The van der Waals surface area contributed by atoms with Gasteiger partial charge < -0.3 is 10.1 Å². The molecule has 0 aliphatic carbocycles. The fourth-order valence-corrected chi connectivity index (χ4v) is 1.59. The summed E-state index contributed by atoms with van der Waals surface area (Å²) in [6, 6.07) is 4.00. The van der Waals surface area contributed by atoms with Gasteiger partial charge in [0.2, 0.25) is 0 Å². The van der Waals surface area contributed by atoms with Crippen molar-refractivity contribution in [3.05, 3.63) is 29.8 Å². The lowest BCUT2D eigenvalue weighted by atomic mass is 10.1. The van der Waals surface area contributed by atoms with Gasteiger partial charge in [-0.15, -0.1) is 0 Å². The lowest BCUT2D eigenvalue weighted by molar-refractivity contribution is -0.258. The molecule has 0 atom stereocenters. The van der Waals surface area contributed by atoms with E-state index in [1.165, 1.54) is 5.32 Å². The smallest absolute Gasteiger partial charge is 0.425 e. The summed E-state index contributed by atoms with van der Waals surface area (Å²) in [6.07, 6.45) is -12.1. The highest BCUT2D eigenvalue weighted by Crippen LogP contribution is 2.48. The second-order valence-corrected chi connectivity index (χ2v) is 4.97. The molecule has 0 saturated heterocycles. The monoisotopic (exact) mass is 377 g/mol. The summed E-state index contributed by atoms with van der Waals surface area (Å²) < 4.78 is 80.5. The first-order chi connectivity index (χ1) is 10.8. The third kappa shape index (κ3) is 3.92. The summed E-state index contributed by atoms with van der Waals surface area (Å²) in [4.78, 5) is 17.7. The van der Waals surface area contributed by atoms with Crippen molar-refractivity contribution < 1.29 is 40.7 Å². The largest absolute Gasteiger partial charge is 0.462 e. The van der Waals surface area contributed by atoms with Crippen molar-refractivity contribution in [2.45, 2.75) is 24.2 Å². The standard InChI is InChI=1S/C13H10ClF6NO3/c1-2-24-9(22)7-3-5-8(6-4-7)21-10(23)11(14,12(15,16)17)13(18,19)20/h3-6H,2H2,1H3,(H,21,23). The molecule has 1 amide bonds. The third-order valence-corrected chi connectivity index (χ3v) is 3.35. The van der Waals surface area contributed by atoms with E-state index in [0.29, 0.717) is 0 Å². The van der Waals surface area contributed by atoms with Crippen LogP contribution in [0, 0.1) is 0 Å². The number of nitrogens with one attached hydrogen (secondary N) is 1. The summed E-state index contributed by atoms with van der Waals surface area (Å²) in [5.74, 6) is -3.25. The van der Waals surface area contributed by atoms with Gasteiger partial charge in [-0.1, -0.05) is 11.6 Å². The summed E-state index contributed by atoms with van der Waals surface area (Å²) in [7, 11) is 0. The van der Waals surface area contributed by atoms with Crippen molar-refractivity contribution in [2.24, 2.45) is 0 Å². The molecule has 0 aliphatic rings. The molecule has 0 aliphatic heterocycles. The number of amides is 1. The first-order valence-corrected chi connectivity index (χ1v) is 6.63. The van der Waals surface area contributed by atoms with Crippen LogP contribution in [0.2, 0.25) is 0 Å². The lowest BCUT2D eigenvalue weighted by Crippen LogP contribution is -2.60. The average molecular weight is 378 g/mol. The molecular formula is C13H10ClF6NO3. The van der Waals surface area contributed by atoms with E-state index in [1.807, 2.05) is 0 Å². The van der Waals surface area contributed by atoms with E-state index in [9.17, 15) is 35.9 Å². The summed E-state index contributed by atoms with van der Waals surface area (Å²) in [5.41, 5.74) is -0.412. The number of halogens is 7. The molecule has 1 aromatic rings. The highest BCUT2D eigenvalue weighted by molar-refractivity contribution is 6.38. The van der Waals surface area contributed by atoms with E-state index in [4.69, 9.17) is 0 Å². The Kier molecular flexibility index (Phi) is 5.75. The summed E-state index contributed by atoms with van der Waals surface area (Å²) in [5, 5.41) is 1.43. The van der Waals surface area contributed by atoms with Crippen molar-refractivity contribution in [1.29, 1.82) is 0 Å². The highest BCUT2D eigenvalue weighted by Gasteiger charge is 2.75. The number of rotatable bonds is 4. The molecule has 0 spiro atoms. The van der Waals surface area contributed by atoms with Crippen LogP contribution in [0.15, 0.2) is 24.3 Å². The van der Waals surface area contributed by atoms with Crippen molar-refractivity contribution in [3.63, 3.8) is 0 Å². The molecule has 0 bridgehead atoms. The number of carbonyl (C=O) groups excluding carboxylic acids is 2. The minimum atomic E-state index is -6.07. The molecule has 0 unspecified atom stereocenters. The zero-order valence-corrected chi connectivity index (χ0v) is 12.6. The molecule has 1 aromatic carbocycles. The number of anilines is 1. The SMILES string of the molecule is CCOC(=O)c1ccc(NC(=O)C(Cl)(C(F)(F)F)C(F)(F)F)cc1. The van der Waals surface area contributed by atoms with E-state index in [0.717, 1.165) is 24.3 Å². The Labute approximate surface area is 136 Å². The second-order valence-electron chi connectivity index (χ2n) is 4.41. The minimum absolute atomic E-state index is 0.00127. The molecule has 1 N–H and O–H groups in total. The topological polar surface area (TPSA) is 55.4 Å². The van der Waals surface area contributed by atoms with Crippen LogP contribution in [0.25, 0.3) is 0 Å². The number of hydrogen-bond acceptors (Lipinski definition) is 3. The van der Waals surface area contributed by atoms with Crippen LogP contribution in [-0.2, 0) is 9.53 Å². The Morgan fingerprint density at radius 3 is 1.88 bits per heavy atom. The van der Waals surface area contributed by atoms with Gasteiger partial charge in [0.25, 0.3) is 5.91 Å². The Balaban J connectivity index is 3.03. The summed E-state index contributed by atoms with van der Waals surface area (Å²) >= 11 is 4.58. The fraction of sp³-hybridized carbons (Fsp3) is 0.385. The molecule has 0 fully saturated rings. The predicted octanol–water partition coefficient (Wildman–Crippen LogP) is 3.90. The van der Waals surface area contributed by atoms with E-state index in [-0.39, 0.29) is 12.2 Å². The lowest BCUT2D eigenvalue weighted by Gasteiger charge is -2.30. The third-order valence-electron chi connectivity index (χ3n) is 2.75. The molecule has 0 saturated carbocycles. The van der Waals surface area contributed by atoms with Gasteiger partial charge in [-0.05, 0) is 31.2 Å². The van der Waals surface area contributed by atoms with Gasteiger partial charge in [-0.2, -0.15) is 26.3 Å². The number of ether oxygens (including phenoxy) is 1. The van der Waals surface area contributed by atoms with Crippen molar-refractivity contribution >= 4 is 29.2 Å².